The van der Waals surface area contributed by atoms with E-state index >= 15 is 0 Å². The molecule has 0 aliphatic carbocycles. The van der Waals surface area contributed by atoms with Crippen molar-refractivity contribution in [1.82, 2.24) is 5.32 Å². The summed E-state index contributed by atoms with van der Waals surface area (Å²) in [6, 6.07) is 19.4. The van der Waals surface area contributed by atoms with Crippen LogP contribution < -0.4 is 24.3 Å². The number of Topliss-reactive ketones (excluding diaryl/α,β-unsaturated/α-hetero) is 1. The summed E-state index contributed by atoms with van der Waals surface area (Å²) in [5.41, 5.74) is 0.913. The van der Waals surface area contributed by atoms with Gasteiger partial charge in [0.05, 0.1) is 30.8 Å². The Bertz CT molecular complexity index is 1200. The van der Waals surface area contributed by atoms with Crippen molar-refractivity contribution in [1.29, 1.82) is 0 Å². The first-order chi connectivity index (χ1) is 17.0. The summed E-state index contributed by atoms with van der Waals surface area (Å²) in [4.78, 5) is 26.0. The molecule has 1 aliphatic rings. The molecular formula is C26H24BrNO7. The van der Waals surface area contributed by atoms with Crippen LogP contribution in [-0.2, 0) is 4.74 Å². The molecule has 3 aromatic rings. The zero-order chi connectivity index (χ0) is 24.8. The number of methoxy groups -OCH3 is 2. The molecule has 0 fully saturated rings. The second-order valence-corrected chi connectivity index (χ2v) is 8.43. The third-order valence-corrected chi connectivity index (χ3v) is 5.98. The summed E-state index contributed by atoms with van der Waals surface area (Å²) >= 11 is 3.46. The Morgan fingerprint density at radius 1 is 1.00 bits per heavy atom. The number of ether oxygens (including phenoxy) is 5. The average Bonchev–Trinajstić information content (AvgIpc) is 2.88. The molecular weight excluding hydrogens is 518 g/mol. The third kappa shape index (κ3) is 5.68. The van der Waals surface area contributed by atoms with Crippen molar-refractivity contribution >= 4 is 27.8 Å². The first kappa shape index (κ1) is 24.4. The monoisotopic (exact) mass is 541 g/mol. The topological polar surface area (TPSA) is 92.3 Å². The fraction of sp³-hybridized carbons (Fsp3) is 0.231. The highest BCUT2D eigenvalue weighted by Crippen LogP contribution is 2.40. The first-order valence-electron chi connectivity index (χ1n) is 10.8. The van der Waals surface area contributed by atoms with E-state index in [-0.39, 0.29) is 18.7 Å². The van der Waals surface area contributed by atoms with Gasteiger partial charge >= 0.3 is 6.09 Å². The maximum Gasteiger partial charge on any atom is 0.408 e. The molecule has 3 aromatic carbocycles. The van der Waals surface area contributed by atoms with Crippen LogP contribution in [0.25, 0.3) is 0 Å². The summed E-state index contributed by atoms with van der Waals surface area (Å²) in [6.45, 7) is 0.432. The van der Waals surface area contributed by atoms with Crippen LogP contribution in [0.4, 0.5) is 4.79 Å². The maximum atomic E-state index is 13.4. The zero-order valence-electron chi connectivity index (χ0n) is 19.2. The molecule has 0 bridgehead atoms. The first-order valence-corrected chi connectivity index (χ1v) is 11.6. The van der Waals surface area contributed by atoms with E-state index in [1.165, 1.54) is 7.11 Å². The van der Waals surface area contributed by atoms with Gasteiger partial charge in [-0.25, -0.2) is 4.79 Å². The third-order valence-electron chi connectivity index (χ3n) is 5.36. The van der Waals surface area contributed by atoms with Crippen molar-refractivity contribution in [2.24, 2.45) is 0 Å². The molecule has 0 unspecified atom stereocenters. The largest absolute Gasteiger partial charge is 0.497 e. The molecule has 8 nitrogen and oxygen atoms in total. The number of para-hydroxylation sites is 1. The van der Waals surface area contributed by atoms with E-state index in [1.54, 1.807) is 43.5 Å². The van der Waals surface area contributed by atoms with E-state index in [4.69, 9.17) is 23.7 Å². The number of ketones is 1. The molecule has 2 atom stereocenters. The normalized spacial score (nSPS) is 16.5. The summed E-state index contributed by atoms with van der Waals surface area (Å²) in [6.07, 6.45) is -2.84. The number of carbonyl (C=O) groups is 2. The lowest BCUT2D eigenvalue weighted by molar-refractivity contribution is 0.00885. The fourth-order valence-corrected chi connectivity index (χ4v) is 4.19. The Kier molecular flexibility index (Phi) is 7.77. The standard InChI is InChI=1S/C26H24BrNO7/c1-31-18-9-11-21-19(15-18)23(29)25(24(34-21)16-8-10-22(32-2)20(27)14-16)35-26(30)28-12-13-33-17-6-4-3-5-7-17/h3-11,14-15,24-25H,12-13H2,1-2H3,(H,28,30)/t24-,25+/m1/s1. The van der Waals surface area contributed by atoms with Crippen LogP contribution in [0.5, 0.6) is 23.0 Å². The SMILES string of the molecule is COc1ccc2c(c1)C(=O)[C@H](OC(=O)NCCOc1ccccc1)[C@@H](c1ccc(OC)c(Br)c1)O2. The van der Waals surface area contributed by atoms with Gasteiger partial charge in [-0.15, -0.1) is 0 Å². The van der Waals surface area contributed by atoms with Crippen LogP contribution >= 0.6 is 15.9 Å². The molecule has 0 spiro atoms. The fourth-order valence-electron chi connectivity index (χ4n) is 3.63. The minimum Gasteiger partial charge on any atom is -0.497 e. The number of fused-ring (bicyclic) bond motifs is 1. The number of alkyl carbamates (subject to hydrolysis) is 1. The van der Waals surface area contributed by atoms with E-state index in [1.807, 2.05) is 30.3 Å². The highest BCUT2D eigenvalue weighted by molar-refractivity contribution is 9.10. The van der Waals surface area contributed by atoms with Crippen molar-refractivity contribution < 1.29 is 33.3 Å². The number of hydrogen-bond donors (Lipinski definition) is 1. The molecule has 1 N–H and O–H groups in total. The van der Waals surface area contributed by atoms with Crippen molar-refractivity contribution in [2.75, 3.05) is 27.4 Å². The lowest BCUT2D eigenvalue weighted by Crippen LogP contribution is -2.42. The molecule has 4 rings (SSSR count). The summed E-state index contributed by atoms with van der Waals surface area (Å²) < 4.78 is 28.5. The molecule has 0 saturated carbocycles. The second kappa shape index (κ2) is 11.1. The highest BCUT2D eigenvalue weighted by Gasteiger charge is 2.41. The lowest BCUT2D eigenvalue weighted by atomic mass is 9.93. The highest BCUT2D eigenvalue weighted by atomic mass is 79.9. The number of rotatable bonds is 8. The molecule has 0 aromatic heterocycles. The number of benzene rings is 3. The Morgan fingerprint density at radius 2 is 1.80 bits per heavy atom. The molecule has 0 radical (unpaired) electrons. The Hall–Kier alpha value is -3.72. The molecule has 182 valence electrons. The average molecular weight is 542 g/mol. The molecule has 1 aliphatic heterocycles. The van der Waals surface area contributed by atoms with E-state index in [0.29, 0.717) is 33.0 Å². The summed E-state index contributed by atoms with van der Waals surface area (Å²) in [5, 5.41) is 2.62. The van der Waals surface area contributed by atoms with Gasteiger partial charge in [0, 0.05) is 0 Å². The van der Waals surface area contributed by atoms with Gasteiger partial charge in [0.15, 0.2) is 6.10 Å². The van der Waals surface area contributed by atoms with E-state index in [0.717, 1.165) is 0 Å². The Labute approximate surface area is 211 Å². The minimum absolute atomic E-state index is 0.193. The van der Waals surface area contributed by atoms with E-state index in [2.05, 4.69) is 21.2 Å². The quantitative estimate of drug-likeness (QED) is 0.403. The van der Waals surface area contributed by atoms with Crippen molar-refractivity contribution in [3.63, 3.8) is 0 Å². The van der Waals surface area contributed by atoms with Gasteiger partial charge in [-0.3, -0.25) is 4.79 Å². The Balaban J connectivity index is 1.51. The molecule has 1 amide bonds. The predicted molar refractivity (Wildman–Crippen MR) is 132 cm³/mol. The van der Waals surface area contributed by atoms with Gasteiger partial charge in [-0.05, 0) is 64.0 Å². The van der Waals surface area contributed by atoms with Crippen molar-refractivity contribution in [3.05, 3.63) is 82.3 Å². The number of hydrogen-bond acceptors (Lipinski definition) is 7. The van der Waals surface area contributed by atoms with Gasteiger partial charge in [0.1, 0.15) is 29.6 Å². The van der Waals surface area contributed by atoms with Crippen LogP contribution in [-0.4, -0.2) is 45.4 Å². The summed E-state index contributed by atoms with van der Waals surface area (Å²) in [5.74, 6) is 1.79. The van der Waals surface area contributed by atoms with Crippen LogP contribution in [0.2, 0.25) is 0 Å². The zero-order valence-corrected chi connectivity index (χ0v) is 20.7. The minimum atomic E-state index is -1.22. The van der Waals surface area contributed by atoms with Gasteiger partial charge in [0.25, 0.3) is 0 Å². The molecule has 1 heterocycles. The van der Waals surface area contributed by atoms with Crippen LogP contribution in [0.3, 0.4) is 0 Å². The van der Waals surface area contributed by atoms with Crippen LogP contribution in [0.1, 0.15) is 22.0 Å². The lowest BCUT2D eigenvalue weighted by Gasteiger charge is -2.32. The number of amides is 1. The van der Waals surface area contributed by atoms with Gasteiger partial charge in [0.2, 0.25) is 11.9 Å². The smallest absolute Gasteiger partial charge is 0.408 e. The number of halogens is 1. The molecule has 9 heteroatoms. The predicted octanol–water partition coefficient (Wildman–Crippen LogP) is 4.96. The molecule has 0 saturated heterocycles. The maximum absolute atomic E-state index is 13.4. The van der Waals surface area contributed by atoms with E-state index < -0.39 is 24.1 Å². The molecule has 35 heavy (non-hydrogen) atoms. The summed E-state index contributed by atoms with van der Waals surface area (Å²) in [7, 11) is 3.06. The van der Waals surface area contributed by atoms with Crippen molar-refractivity contribution in [3.8, 4) is 23.0 Å². The van der Waals surface area contributed by atoms with Gasteiger partial charge in [-0.1, -0.05) is 24.3 Å². The van der Waals surface area contributed by atoms with Crippen LogP contribution in [0, 0.1) is 0 Å². The van der Waals surface area contributed by atoms with Crippen molar-refractivity contribution in [2.45, 2.75) is 12.2 Å². The second-order valence-electron chi connectivity index (χ2n) is 7.57. The van der Waals surface area contributed by atoms with E-state index in [9.17, 15) is 9.59 Å². The van der Waals surface area contributed by atoms with Gasteiger partial charge in [-0.2, -0.15) is 0 Å². The van der Waals surface area contributed by atoms with Gasteiger partial charge < -0.3 is 29.0 Å². The number of nitrogens with one attached hydrogen (secondary N) is 1. The Morgan fingerprint density at radius 3 is 2.51 bits per heavy atom. The number of carbonyl (C=O) groups excluding carboxylic acids is 2. The van der Waals surface area contributed by atoms with Crippen LogP contribution in [0.15, 0.2) is 71.2 Å².